The Bertz CT molecular complexity index is 785. The maximum absolute atomic E-state index is 13.4. The Hall–Kier alpha value is -2.41. The molecule has 138 valence electrons. The van der Waals surface area contributed by atoms with E-state index >= 15 is 0 Å². The fourth-order valence-corrected chi connectivity index (χ4v) is 2.94. The lowest BCUT2D eigenvalue weighted by Crippen LogP contribution is -2.39. The van der Waals surface area contributed by atoms with E-state index < -0.39 is 17.8 Å². The number of halogens is 2. The van der Waals surface area contributed by atoms with E-state index in [1.807, 2.05) is 24.3 Å². The van der Waals surface area contributed by atoms with Crippen LogP contribution in [0.3, 0.4) is 0 Å². The van der Waals surface area contributed by atoms with Crippen LogP contribution in [0.5, 0.6) is 5.75 Å². The van der Waals surface area contributed by atoms with Crippen molar-refractivity contribution in [1.82, 2.24) is 4.90 Å². The Morgan fingerprint density at radius 3 is 2.62 bits per heavy atom. The van der Waals surface area contributed by atoms with Crippen molar-refractivity contribution in [2.24, 2.45) is 5.73 Å². The molecule has 2 N–H and O–H groups in total. The second-order valence-corrected chi connectivity index (χ2v) is 6.60. The number of hydrogen-bond donors (Lipinski definition) is 1. The molecule has 0 aliphatic heterocycles. The molecule has 5 nitrogen and oxygen atoms in total. The van der Waals surface area contributed by atoms with Crippen LogP contribution in [-0.2, 0) is 9.59 Å². The molecule has 0 aromatic heterocycles. The zero-order valence-corrected chi connectivity index (χ0v) is 15.9. The molecule has 7 heteroatoms. The summed E-state index contributed by atoms with van der Waals surface area (Å²) in [6, 6.07) is 11.9. The predicted molar refractivity (Wildman–Crippen MR) is 100.0 cm³/mol. The molecule has 1 atom stereocenters. The van der Waals surface area contributed by atoms with Crippen LogP contribution in [0.1, 0.15) is 24.4 Å². The van der Waals surface area contributed by atoms with Gasteiger partial charge < -0.3 is 15.4 Å². The smallest absolute Gasteiger partial charge is 0.244 e. The summed E-state index contributed by atoms with van der Waals surface area (Å²) in [5.41, 5.74) is 5.77. The van der Waals surface area contributed by atoms with Gasteiger partial charge in [-0.05, 0) is 52.2 Å². The number of amides is 2. The fourth-order valence-electron chi connectivity index (χ4n) is 2.54. The number of carbonyl (C=O) groups is 2. The van der Waals surface area contributed by atoms with Crippen LogP contribution in [-0.4, -0.2) is 30.4 Å². The second kappa shape index (κ2) is 9.33. The van der Waals surface area contributed by atoms with Gasteiger partial charge in [0.2, 0.25) is 11.8 Å². The van der Waals surface area contributed by atoms with Gasteiger partial charge in [0.1, 0.15) is 17.6 Å². The monoisotopic (exact) mass is 422 g/mol. The number of likely N-dealkylation sites (N-methyl/N-ethyl adjacent to an activating group) is 1. The lowest BCUT2D eigenvalue weighted by molar-refractivity contribution is -0.138. The molecule has 0 saturated heterocycles. The van der Waals surface area contributed by atoms with E-state index in [1.54, 1.807) is 6.07 Å². The van der Waals surface area contributed by atoms with E-state index in [0.29, 0.717) is 24.3 Å². The number of nitrogens with two attached hydrogens (primary N) is 1. The fraction of sp³-hybridized carbons (Fsp3) is 0.263. The van der Waals surface area contributed by atoms with Gasteiger partial charge in [-0.25, -0.2) is 4.39 Å². The number of nitrogens with zero attached hydrogens (tertiary/aromatic N) is 1. The molecule has 26 heavy (non-hydrogen) atoms. The van der Waals surface area contributed by atoms with Crippen molar-refractivity contribution < 1.29 is 18.7 Å². The zero-order valence-electron chi connectivity index (χ0n) is 14.3. The average Bonchev–Trinajstić information content (AvgIpc) is 2.59. The van der Waals surface area contributed by atoms with E-state index in [9.17, 15) is 14.0 Å². The summed E-state index contributed by atoms with van der Waals surface area (Å²) >= 11 is 3.39. The summed E-state index contributed by atoms with van der Waals surface area (Å²) in [5, 5.41) is 0. The zero-order chi connectivity index (χ0) is 19.1. The Labute approximate surface area is 160 Å². The number of ether oxygens (including phenoxy) is 1. The van der Waals surface area contributed by atoms with E-state index in [4.69, 9.17) is 10.5 Å². The summed E-state index contributed by atoms with van der Waals surface area (Å²) in [7, 11) is 1.48. The molecule has 2 rings (SSSR count). The highest BCUT2D eigenvalue weighted by Crippen LogP contribution is 2.24. The molecule has 1 unspecified atom stereocenters. The van der Waals surface area contributed by atoms with Gasteiger partial charge in [-0.1, -0.05) is 24.3 Å². The highest BCUT2D eigenvalue weighted by atomic mass is 79.9. The van der Waals surface area contributed by atoms with Crippen LogP contribution >= 0.6 is 15.9 Å². The van der Waals surface area contributed by atoms with Crippen LogP contribution in [0.2, 0.25) is 0 Å². The third kappa shape index (κ3) is 5.29. The number of hydrogen-bond acceptors (Lipinski definition) is 3. The number of primary amides is 1. The van der Waals surface area contributed by atoms with E-state index in [-0.39, 0.29) is 12.3 Å². The van der Waals surface area contributed by atoms with Crippen molar-refractivity contribution in [2.75, 3.05) is 13.7 Å². The first-order valence-electron chi connectivity index (χ1n) is 8.08. The van der Waals surface area contributed by atoms with Crippen molar-refractivity contribution in [1.29, 1.82) is 0 Å². The average molecular weight is 423 g/mol. The van der Waals surface area contributed by atoms with Crippen molar-refractivity contribution in [2.45, 2.75) is 18.9 Å². The van der Waals surface area contributed by atoms with Gasteiger partial charge in [-0.2, -0.15) is 0 Å². The van der Waals surface area contributed by atoms with Gasteiger partial charge in [0.25, 0.3) is 0 Å². The third-order valence-electron chi connectivity index (χ3n) is 3.84. The second-order valence-electron chi connectivity index (χ2n) is 5.75. The van der Waals surface area contributed by atoms with E-state index in [1.165, 1.54) is 30.1 Å². The Balaban J connectivity index is 1.92. The van der Waals surface area contributed by atoms with Gasteiger partial charge in [0.05, 0.1) is 11.1 Å². The minimum atomic E-state index is -1.01. The Morgan fingerprint density at radius 2 is 1.96 bits per heavy atom. The Morgan fingerprint density at radius 1 is 1.23 bits per heavy atom. The van der Waals surface area contributed by atoms with Gasteiger partial charge >= 0.3 is 0 Å². The molecule has 2 aromatic rings. The molecule has 2 amide bonds. The SMILES string of the molecule is CN(C(=O)CCCOc1ccccc1Br)C(C(N)=O)c1cccc(F)c1. The topological polar surface area (TPSA) is 72.6 Å². The van der Waals surface area contributed by atoms with Crippen molar-refractivity contribution in [3.8, 4) is 5.75 Å². The van der Waals surface area contributed by atoms with Crippen molar-refractivity contribution in [3.05, 3.63) is 64.4 Å². The molecule has 0 saturated carbocycles. The maximum Gasteiger partial charge on any atom is 0.244 e. The predicted octanol–water partition coefficient (Wildman–Crippen LogP) is 3.43. The molecular formula is C19H20BrFN2O3. The highest BCUT2D eigenvalue weighted by molar-refractivity contribution is 9.10. The molecule has 0 aliphatic rings. The summed E-state index contributed by atoms with van der Waals surface area (Å²) in [6.07, 6.45) is 0.652. The molecule has 2 aromatic carbocycles. The van der Waals surface area contributed by atoms with E-state index in [2.05, 4.69) is 15.9 Å². The largest absolute Gasteiger partial charge is 0.492 e. The summed E-state index contributed by atoms with van der Waals surface area (Å²) in [6.45, 7) is 0.351. The standard InChI is InChI=1S/C19H20BrFN2O3/c1-23(18(19(22)25)13-6-4-7-14(21)12-13)17(24)10-5-11-26-16-9-3-2-8-15(16)20/h2-4,6-9,12,18H,5,10-11H2,1H3,(H2,22,25). The number of benzene rings is 2. The van der Waals surface area contributed by atoms with Crippen LogP contribution in [0.15, 0.2) is 53.0 Å². The molecule has 0 bridgehead atoms. The quantitative estimate of drug-likeness (QED) is 0.662. The van der Waals surface area contributed by atoms with Gasteiger partial charge in [-0.3, -0.25) is 9.59 Å². The Kier molecular flexibility index (Phi) is 7.15. The van der Waals surface area contributed by atoms with Gasteiger partial charge in [0.15, 0.2) is 0 Å². The first-order valence-corrected chi connectivity index (χ1v) is 8.87. The highest BCUT2D eigenvalue weighted by Gasteiger charge is 2.26. The first-order chi connectivity index (χ1) is 12.4. The van der Waals surface area contributed by atoms with Crippen molar-refractivity contribution >= 4 is 27.7 Å². The van der Waals surface area contributed by atoms with Crippen LogP contribution in [0.25, 0.3) is 0 Å². The molecule has 0 fully saturated rings. The van der Waals surface area contributed by atoms with Gasteiger partial charge in [-0.15, -0.1) is 0 Å². The number of rotatable bonds is 8. The molecule has 0 aliphatic carbocycles. The minimum absolute atomic E-state index is 0.181. The lowest BCUT2D eigenvalue weighted by atomic mass is 10.0. The minimum Gasteiger partial charge on any atom is -0.492 e. The lowest BCUT2D eigenvalue weighted by Gasteiger charge is -2.26. The number of para-hydroxylation sites is 1. The molecule has 0 spiro atoms. The molecular weight excluding hydrogens is 403 g/mol. The van der Waals surface area contributed by atoms with Crippen LogP contribution in [0.4, 0.5) is 4.39 Å². The summed E-state index contributed by atoms with van der Waals surface area (Å²) in [4.78, 5) is 25.4. The third-order valence-corrected chi connectivity index (χ3v) is 4.50. The normalized spacial score (nSPS) is 11.7. The van der Waals surface area contributed by atoms with E-state index in [0.717, 1.165) is 4.47 Å². The van der Waals surface area contributed by atoms with Gasteiger partial charge in [0, 0.05) is 13.5 Å². The number of carbonyl (C=O) groups excluding carboxylic acids is 2. The van der Waals surface area contributed by atoms with Crippen LogP contribution in [0, 0.1) is 5.82 Å². The summed E-state index contributed by atoms with van der Waals surface area (Å²) in [5.74, 6) is -0.774. The molecule has 0 heterocycles. The summed E-state index contributed by atoms with van der Waals surface area (Å²) < 4.78 is 19.9. The van der Waals surface area contributed by atoms with Crippen molar-refractivity contribution in [3.63, 3.8) is 0 Å². The first kappa shape index (κ1) is 19.9. The molecule has 0 radical (unpaired) electrons. The maximum atomic E-state index is 13.4. The van der Waals surface area contributed by atoms with Crippen LogP contribution < -0.4 is 10.5 Å².